The highest BCUT2D eigenvalue weighted by molar-refractivity contribution is 5.76. The minimum absolute atomic E-state index is 0.0285. The van der Waals surface area contributed by atoms with Gasteiger partial charge in [-0.05, 0) is 19.8 Å². The fraction of sp³-hybridized carbons (Fsp3) is 0.500. The summed E-state index contributed by atoms with van der Waals surface area (Å²) in [4.78, 5) is 24.3. The van der Waals surface area contributed by atoms with Crippen molar-refractivity contribution in [3.63, 3.8) is 0 Å². The van der Waals surface area contributed by atoms with E-state index >= 15 is 0 Å². The van der Waals surface area contributed by atoms with E-state index in [1.807, 2.05) is 11.6 Å². The zero-order chi connectivity index (χ0) is 15.1. The van der Waals surface area contributed by atoms with Crippen molar-refractivity contribution in [1.29, 1.82) is 0 Å². The molecular formula is C14H20N6O. The lowest BCUT2D eigenvalue weighted by Gasteiger charge is -2.14. The van der Waals surface area contributed by atoms with Gasteiger partial charge in [0.1, 0.15) is 12.2 Å². The minimum atomic E-state index is -0.159. The zero-order valence-electron chi connectivity index (χ0n) is 12.4. The first-order valence-electron chi connectivity index (χ1n) is 7.12. The van der Waals surface area contributed by atoms with Gasteiger partial charge in [0.2, 0.25) is 5.91 Å². The van der Waals surface area contributed by atoms with Crippen LogP contribution >= 0.6 is 0 Å². The Morgan fingerprint density at radius 1 is 1.38 bits per heavy atom. The summed E-state index contributed by atoms with van der Waals surface area (Å²) in [5, 5.41) is 7.10. The Morgan fingerprint density at radius 3 is 2.95 bits per heavy atom. The van der Waals surface area contributed by atoms with Crippen LogP contribution in [0.5, 0.6) is 0 Å². The Bertz CT molecular complexity index is 568. The second-order valence-electron chi connectivity index (χ2n) is 4.83. The van der Waals surface area contributed by atoms with Crippen molar-refractivity contribution in [1.82, 2.24) is 30.0 Å². The Kier molecular flexibility index (Phi) is 5.36. The summed E-state index contributed by atoms with van der Waals surface area (Å²) in [7, 11) is 0. The van der Waals surface area contributed by atoms with Crippen LogP contribution in [0.15, 0.2) is 24.9 Å². The number of nitrogens with one attached hydrogen (secondary N) is 1. The van der Waals surface area contributed by atoms with E-state index in [1.54, 1.807) is 18.6 Å². The molecule has 1 N–H and O–H groups in total. The van der Waals surface area contributed by atoms with E-state index in [0.717, 1.165) is 24.5 Å². The van der Waals surface area contributed by atoms with Crippen molar-refractivity contribution in [2.75, 3.05) is 0 Å². The van der Waals surface area contributed by atoms with Crippen molar-refractivity contribution in [3.05, 3.63) is 36.4 Å². The Balaban J connectivity index is 1.85. The average molecular weight is 288 g/mol. The highest BCUT2D eigenvalue weighted by atomic mass is 16.1. The largest absolute Gasteiger partial charge is 0.346 e. The average Bonchev–Trinajstić information content (AvgIpc) is 2.95. The predicted octanol–water partition coefficient (Wildman–Crippen LogP) is 1.29. The molecule has 112 valence electrons. The predicted molar refractivity (Wildman–Crippen MR) is 77.2 cm³/mol. The van der Waals surface area contributed by atoms with Gasteiger partial charge in [0.15, 0.2) is 0 Å². The highest BCUT2D eigenvalue weighted by Crippen LogP contribution is 2.09. The monoisotopic (exact) mass is 288 g/mol. The molecule has 0 aliphatic rings. The molecule has 0 radical (unpaired) electrons. The number of aromatic nitrogens is 5. The third-order valence-corrected chi connectivity index (χ3v) is 3.07. The fourth-order valence-electron chi connectivity index (χ4n) is 2.07. The van der Waals surface area contributed by atoms with Gasteiger partial charge in [0, 0.05) is 31.6 Å². The molecule has 2 rings (SSSR count). The van der Waals surface area contributed by atoms with Crippen LogP contribution in [0.25, 0.3) is 0 Å². The third kappa shape index (κ3) is 4.34. The SMILES string of the molecule is CCCn1ncnc1[C@@H](C)NC(=O)CCc1cnccn1. The number of carbonyl (C=O) groups excluding carboxylic acids is 1. The van der Waals surface area contributed by atoms with Gasteiger partial charge in [0.05, 0.1) is 11.7 Å². The topological polar surface area (TPSA) is 85.6 Å². The van der Waals surface area contributed by atoms with Crippen molar-refractivity contribution in [3.8, 4) is 0 Å². The van der Waals surface area contributed by atoms with E-state index in [0.29, 0.717) is 12.8 Å². The molecule has 0 bridgehead atoms. The van der Waals surface area contributed by atoms with Crippen molar-refractivity contribution >= 4 is 5.91 Å². The molecule has 7 heteroatoms. The van der Waals surface area contributed by atoms with E-state index in [2.05, 4.69) is 32.3 Å². The number of nitrogens with zero attached hydrogens (tertiary/aromatic N) is 5. The Labute approximate surface area is 123 Å². The normalized spacial score (nSPS) is 12.1. The summed E-state index contributed by atoms with van der Waals surface area (Å²) in [6, 6.07) is -0.159. The number of carbonyl (C=O) groups is 1. The molecule has 2 aromatic rings. The van der Waals surface area contributed by atoms with E-state index in [4.69, 9.17) is 0 Å². The summed E-state index contributed by atoms with van der Waals surface area (Å²) in [5.74, 6) is 0.754. The third-order valence-electron chi connectivity index (χ3n) is 3.07. The molecule has 2 aromatic heterocycles. The fourth-order valence-corrected chi connectivity index (χ4v) is 2.07. The summed E-state index contributed by atoms with van der Waals surface area (Å²) in [5.41, 5.74) is 0.814. The number of hydrogen-bond acceptors (Lipinski definition) is 5. The summed E-state index contributed by atoms with van der Waals surface area (Å²) >= 11 is 0. The molecule has 0 aliphatic carbocycles. The number of amides is 1. The van der Waals surface area contributed by atoms with Gasteiger partial charge in [-0.15, -0.1) is 0 Å². The maximum absolute atomic E-state index is 12.0. The summed E-state index contributed by atoms with van der Waals surface area (Å²) in [6.07, 6.45) is 8.37. The van der Waals surface area contributed by atoms with Crippen LogP contribution in [0.4, 0.5) is 0 Å². The van der Waals surface area contributed by atoms with Gasteiger partial charge in [-0.25, -0.2) is 9.67 Å². The Hall–Kier alpha value is -2.31. The van der Waals surface area contributed by atoms with Gasteiger partial charge < -0.3 is 5.32 Å². The number of hydrogen-bond donors (Lipinski definition) is 1. The first kappa shape index (κ1) is 15.1. The van der Waals surface area contributed by atoms with Crippen LogP contribution in [-0.4, -0.2) is 30.6 Å². The van der Waals surface area contributed by atoms with Gasteiger partial charge in [-0.3, -0.25) is 14.8 Å². The van der Waals surface area contributed by atoms with E-state index in [9.17, 15) is 4.79 Å². The molecule has 21 heavy (non-hydrogen) atoms. The van der Waals surface area contributed by atoms with Crippen LogP contribution in [0.2, 0.25) is 0 Å². The smallest absolute Gasteiger partial charge is 0.220 e. The van der Waals surface area contributed by atoms with Crippen molar-refractivity contribution < 1.29 is 4.79 Å². The van der Waals surface area contributed by atoms with Crippen LogP contribution in [0, 0.1) is 0 Å². The van der Waals surface area contributed by atoms with Crippen molar-refractivity contribution in [2.24, 2.45) is 0 Å². The minimum Gasteiger partial charge on any atom is -0.346 e. The molecule has 0 spiro atoms. The van der Waals surface area contributed by atoms with Crippen LogP contribution in [0.3, 0.4) is 0 Å². The van der Waals surface area contributed by atoms with Gasteiger partial charge in [-0.2, -0.15) is 5.10 Å². The maximum atomic E-state index is 12.0. The molecule has 1 amide bonds. The summed E-state index contributed by atoms with van der Waals surface area (Å²) < 4.78 is 1.83. The van der Waals surface area contributed by atoms with Crippen LogP contribution in [-0.2, 0) is 17.8 Å². The van der Waals surface area contributed by atoms with E-state index in [1.165, 1.54) is 6.33 Å². The van der Waals surface area contributed by atoms with E-state index < -0.39 is 0 Å². The maximum Gasteiger partial charge on any atom is 0.220 e. The summed E-state index contributed by atoms with van der Waals surface area (Å²) in [6.45, 7) is 4.79. The molecule has 0 aromatic carbocycles. The van der Waals surface area contributed by atoms with Gasteiger partial charge in [-0.1, -0.05) is 6.92 Å². The van der Waals surface area contributed by atoms with Crippen LogP contribution in [0.1, 0.15) is 44.2 Å². The molecular weight excluding hydrogens is 268 g/mol. The van der Waals surface area contributed by atoms with Gasteiger partial charge >= 0.3 is 0 Å². The highest BCUT2D eigenvalue weighted by Gasteiger charge is 2.15. The number of aryl methyl sites for hydroxylation is 2. The second kappa shape index (κ2) is 7.47. The van der Waals surface area contributed by atoms with Crippen molar-refractivity contribution in [2.45, 2.75) is 45.7 Å². The molecule has 0 saturated carbocycles. The lowest BCUT2D eigenvalue weighted by atomic mass is 10.2. The quantitative estimate of drug-likeness (QED) is 0.829. The standard InChI is InChI=1S/C14H20N6O/c1-3-8-20-14(17-10-18-20)11(2)19-13(21)5-4-12-9-15-6-7-16-12/h6-7,9-11H,3-5,8H2,1-2H3,(H,19,21)/t11-/m1/s1. The first-order chi connectivity index (χ1) is 10.2. The molecule has 0 aliphatic heterocycles. The Morgan fingerprint density at radius 2 is 2.24 bits per heavy atom. The molecule has 2 heterocycles. The lowest BCUT2D eigenvalue weighted by molar-refractivity contribution is -0.121. The number of rotatable bonds is 7. The zero-order valence-corrected chi connectivity index (χ0v) is 12.4. The first-order valence-corrected chi connectivity index (χ1v) is 7.12. The lowest BCUT2D eigenvalue weighted by Crippen LogP contribution is -2.29. The molecule has 7 nitrogen and oxygen atoms in total. The molecule has 0 unspecified atom stereocenters. The van der Waals surface area contributed by atoms with Gasteiger partial charge in [0.25, 0.3) is 0 Å². The molecule has 1 atom stereocenters. The van der Waals surface area contributed by atoms with E-state index in [-0.39, 0.29) is 11.9 Å². The molecule has 0 fully saturated rings. The molecule has 0 saturated heterocycles. The second-order valence-corrected chi connectivity index (χ2v) is 4.83. The van der Waals surface area contributed by atoms with Crippen LogP contribution < -0.4 is 5.32 Å².